The normalized spacial score (nSPS) is 13.9. The SMILES string of the molecule is CCN(C)CCNC(C)C(OC)OC. The van der Waals surface area contributed by atoms with Crippen LogP contribution in [0, 0.1) is 0 Å². The largest absolute Gasteiger partial charge is 0.354 e. The third-order valence-corrected chi connectivity index (χ3v) is 2.37. The third kappa shape index (κ3) is 5.54. The maximum absolute atomic E-state index is 5.15. The molecule has 0 aromatic rings. The second-order valence-corrected chi connectivity index (χ2v) is 3.48. The quantitative estimate of drug-likeness (QED) is 0.585. The molecule has 1 N–H and O–H groups in total. The molecule has 0 rings (SSSR count). The lowest BCUT2D eigenvalue weighted by Gasteiger charge is -2.23. The van der Waals surface area contributed by atoms with Crippen LogP contribution in [0.4, 0.5) is 0 Å². The summed E-state index contributed by atoms with van der Waals surface area (Å²) in [4.78, 5) is 2.26. The van der Waals surface area contributed by atoms with Gasteiger partial charge in [0.25, 0.3) is 0 Å². The molecule has 0 aliphatic carbocycles. The fourth-order valence-corrected chi connectivity index (χ4v) is 1.24. The molecule has 0 aliphatic heterocycles. The third-order valence-electron chi connectivity index (χ3n) is 2.37. The first-order valence-corrected chi connectivity index (χ1v) is 5.13. The number of likely N-dealkylation sites (N-methyl/N-ethyl adjacent to an activating group) is 1. The highest BCUT2D eigenvalue weighted by Crippen LogP contribution is 1.97. The number of hydrogen-bond acceptors (Lipinski definition) is 4. The van der Waals surface area contributed by atoms with Crippen molar-refractivity contribution in [2.75, 3.05) is 40.9 Å². The van der Waals surface area contributed by atoms with Gasteiger partial charge >= 0.3 is 0 Å². The van der Waals surface area contributed by atoms with Crippen molar-refractivity contribution in [2.45, 2.75) is 26.2 Å². The zero-order chi connectivity index (χ0) is 11.0. The van der Waals surface area contributed by atoms with Crippen molar-refractivity contribution in [1.82, 2.24) is 10.2 Å². The van der Waals surface area contributed by atoms with Gasteiger partial charge in [-0.05, 0) is 20.5 Å². The number of ether oxygens (including phenoxy) is 2. The van der Waals surface area contributed by atoms with E-state index in [2.05, 4.69) is 31.1 Å². The van der Waals surface area contributed by atoms with Crippen LogP contribution < -0.4 is 5.32 Å². The van der Waals surface area contributed by atoms with Crippen molar-refractivity contribution in [2.24, 2.45) is 0 Å². The van der Waals surface area contributed by atoms with E-state index < -0.39 is 0 Å². The molecule has 0 aromatic heterocycles. The van der Waals surface area contributed by atoms with Gasteiger partial charge < -0.3 is 19.7 Å². The van der Waals surface area contributed by atoms with Crippen molar-refractivity contribution in [3.63, 3.8) is 0 Å². The van der Waals surface area contributed by atoms with Gasteiger partial charge in [-0.1, -0.05) is 6.92 Å². The number of methoxy groups -OCH3 is 2. The Labute approximate surface area is 87.6 Å². The van der Waals surface area contributed by atoms with Gasteiger partial charge in [-0.3, -0.25) is 0 Å². The summed E-state index contributed by atoms with van der Waals surface area (Å²) in [6.07, 6.45) is -0.165. The summed E-state index contributed by atoms with van der Waals surface area (Å²) < 4.78 is 10.3. The Bertz CT molecular complexity index is 129. The van der Waals surface area contributed by atoms with Gasteiger partial charge in [0.1, 0.15) is 0 Å². The van der Waals surface area contributed by atoms with Gasteiger partial charge in [-0.25, -0.2) is 0 Å². The number of rotatable bonds is 8. The van der Waals surface area contributed by atoms with E-state index in [4.69, 9.17) is 9.47 Å². The zero-order valence-corrected chi connectivity index (χ0v) is 10.0. The van der Waals surface area contributed by atoms with Gasteiger partial charge in [-0.15, -0.1) is 0 Å². The minimum Gasteiger partial charge on any atom is -0.354 e. The first-order chi connectivity index (χ1) is 6.65. The van der Waals surface area contributed by atoms with E-state index in [0.29, 0.717) is 0 Å². The molecule has 14 heavy (non-hydrogen) atoms. The van der Waals surface area contributed by atoms with E-state index in [9.17, 15) is 0 Å². The van der Waals surface area contributed by atoms with E-state index in [1.807, 2.05) is 0 Å². The monoisotopic (exact) mass is 204 g/mol. The first kappa shape index (κ1) is 13.8. The molecule has 1 unspecified atom stereocenters. The maximum atomic E-state index is 5.15. The summed E-state index contributed by atoms with van der Waals surface area (Å²) in [6, 6.07) is 0.218. The summed E-state index contributed by atoms with van der Waals surface area (Å²) in [7, 11) is 5.42. The molecule has 0 fully saturated rings. The van der Waals surface area contributed by atoms with Crippen LogP contribution in [0.25, 0.3) is 0 Å². The summed E-state index contributed by atoms with van der Waals surface area (Å²) >= 11 is 0. The van der Waals surface area contributed by atoms with Crippen LogP contribution >= 0.6 is 0 Å². The highest BCUT2D eigenvalue weighted by molar-refractivity contribution is 4.65. The number of nitrogens with zero attached hydrogens (tertiary/aromatic N) is 1. The molecular weight excluding hydrogens is 180 g/mol. The zero-order valence-electron chi connectivity index (χ0n) is 10.0. The lowest BCUT2D eigenvalue weighted by molar-refractivity contribution is -0.119. The highest BCUT2D eigenvalue weighted by atomic mass is 16.7. The number of hydrogen-bond donors (Lipinski definition) is 1. The Kier molecular flexibility index (Phi) is 8.08. The smallest absolute Gasteiger partial charge is 0.171 e. The lowest BCUT2D eigenvalue weighted by atomic mass is 10.3. The molecule has 0 saturated carbocycles. The van der Waals surface area contributed by atoms with Crippen molar-refractivity contribution < 1.29 is 9.47 Å². The van der Waals surface area contributed by atoms with Gasteiger partial charge in [0.15, 0.2) is 6.29 Å². The van der Waals surface area contributed by atoms with Gasteiger partial charge in [0.05, 0.1) is 6.04 Å². The fraction of sp³-hybridized carbons (Fsp3) is 1.00. The molecule has 1 atom stereocenters. The van der Waals surface area contributed by atoms with Crippen molar-refractivity contribution in [3.05, 3.63) is 0 Å². The molecule has 0 aromatic carbocycles. The summed E-state index contributed by atoms with van der Waals surface area (Å²) in [5.74, 6) is 0. The van der Waals surface area contributed by atoms with Crippen molar-refractivity contribution >= 4 is 0 Å². The second-order valence-electron chi connectivity index (χ2n) is 3.48. The Hall–Kier alpha value is -0.160. The van der Waals surface area contributed by atoms with E-state index in [-0.39, 0.29) is 12.3 Å². The molecule has 0 aliphatic rings. The minimum atomic E-state index is -0.165. The number of nitrogens with one attached hydrogen (secondary N) is 1. The molecule has 0 saturated heterocycles. The van der Waals surface area contributed by atoms with E-state index >= 15 is 0 Å². The molecule has 0 radical (unpaired) electrons. The Morgan fingerprint density at radius 1 is 1.29 bits per heavy atom. The molecule has 0 amide bonds. The molecule has 0 heterocycles. The second kappa shape index (κ2) is 8.17. The predicted octanol–water partition coefficient (Wildman–Crippen LogP) is 0.535. The Morgan fingerprint density at radius 2 is 1.86 bits per heavy atom. The summed E-state index contributed by atoms with van der Waals surface area (Å²) in [5, 5.41) is 3.36. The van der Waals surface area contributed by atoms with Crippen molar-refractivity contribution in [1.29, 1.82) is 0 Å². The standard InChI is InChI=1S/C10H24N2O2/c1-6-12(3)8-7-11-9(2)10(13-4)14-5/h9-11H,6-8H2,1-5H3. The van der Waals surface area contributed by atoms with Crippen LogP contribution in [0.1, 0.15) is 13.8 Å². The van der Waals surface area contributed by atoms with Gasteiger partial charge in [0, 0.05) is 27.3 Å². The van der Waals surface area contributed by atoms with Crippen LogP contribution in [0.5, 0.6) is 0 Å². The minimum absolute atomic E-state index is 0.165. The molecule has 0 spiro atoms. The van der Waals surface area contributed by atoms with Crippen LogP contribution in [-0.2, 0) is 9.47 Å². The Balaban J connectivity index is 3.56. The molecule has 4 nitrogen and oxygen atoms in total. The van der Waals surface area contributed by atoms with Crippen LogP contribution in [0.2, 0.25) is 0 Å². The lowest BCUT2D eigenvalue weighted by Crippen LogP contribution is -2.42. The van der Waals surface area contributed by atoms with Gasteiger partial charge in [-0.2, -0.15) is 0 Å². The average molecular weight is 204 g/mol. The van der Waals surface area contributed by atoms with Crippen LogP contribution in [0.3, 0.4) is 0 Å². The van der Waals surface area contributed by atoms with Crippen molar-refractivity contribution in [3.8, 4) is 0 Å². The predicted molar refractivity (Wildman–Crippen MR) is 58.4 cm³/mol. The van der Waals surface area contributed by atoms with Crippen LogP contribution in [0.15, 0.2) is 0 Å². The summed E-state index contributed by atoms with van der Waals surface area (Å²) in [6.45, 7) is 7.28. The Morgan fingerprint density at radius 3 is 2.29 bits per heavy atom. The molecule has 4 heteroatoms. The van der Waals surface area contributed by atoms with E-state index in [1.165, 1.54) is 0 Å². The average Bonchev–Trinajstić information content (AvgIpc) is 2.19. The van der Waals surface area contributed by atoms with Gasteiger partial charge in [0.2, 0.25) is 0 Å². The topological polar surface area (TPSA) is 33.7 Å². The molecule has 0 bridgehead atoms. The maximum Gasteiger partial charge on any atom is 0.171 e. The first-order valence-electron chi connectivity index (χ1n) is 5.13. The van der Waals surface area contributed by atoms with Crippen LogP contribution in [-0.4, -0.2) is 58.1 Å². The molecule has 86 valence electrons. The highest BCUT2D eigenvalue weighted by Gasteiger charge is 2.14. The summed E-state index contributed by atoms with van der Waals surface area (Å²) in [5.41, 5.74) is 0. The fourth-order valence-electron chi connectivity index (χ4n) is 1.24. The molecular formula is C10H24N2O2. The van der Waals surface area contributed by atoms with E-state index in [1.54, 1.807) is 14.2 Å². The van der Waals surface area contributed by atoms with E-state index in [0.717, 1.165) is 19.6 Å².